The highest BCUT2D eigenvalue weighted by molar-refractivity contribution is 9.10. The number of amides is 1. The molecule has 0 radical (unpaired) electrons. The first-order valence-corrected chi connectivity index (χ1v) is 6.12. The Kier molecular flexibility index (Phi) is 5.25. The quantitative estimate of drug-likeness (QED) is 0.847. The van der Waals surface area contributed by atoms with E-state index >= 15 is 0 Å². The Balaban J connectivity index is 2.58. The number of anilines is 1. The summed E-state index contributed by atoms with van der Waals surface area (Å²) in [5.74, 6) is 0.500. The third-order valence-electron chi connectivity index (χ3n) is 1.94. The number of pyridine rings is 1. The molecule has 0 spiro atoms. The number of aromatic nitrogens is 1. The van der Waals surface area contributed by atoms with Crippen LogP contribution >= 0.6 is 15.9 Å². The average Bonchev–Trinajstić information content (AvgIpc) is 2.31. The van der Waals surface area contributed by atoms with E-state index in [9.17, 15) is 4.79 Å². The number of nitrogens with zero attached hydrogens (tertiary/aromatic N) is 1. The lowest BCUT2D eigenvalue weighted by atomic mass is 10.3. The van der Waals surface area contributed by atoms with Gasteiger partial charge in [0.25, 0.3) is 0 Å². The summed E-state index contributed by atoms with van der Waals surface area (Å²) < 4.78 is 5.20. The second-order valence-electron chi connectivity index (χ2n) is 3.18. The number of ether oxygens (including phenoxy) is 1. The average molecular weight is 287 g/mol. The van der Waals surface area contributed by atoms with Gasteiger partial charge in [-0.25, -0.2) is 4.98 Å². The standard InChI is InChI=1S/C11H15BrN2O2/c1-3-9(12)11(15)14-8-5-6-10(13-7-8)16-4-2/h5-7,9H,3-4H2,1-2H3,(H,14,15). The molecule has 0 saturated heterocycles. The summed E-state index contributed by atoms with van der Waals surface area (Å²) in [6.45, 7) is 4.42. The first-order chi connectivity index (χ1) is 7.67. The topological polar surface area (TPSA) is 51.2 Å². The maximum absolute atomic E-state index is 11.5. The smallest absolute Gasteiger partial charge is 0.238 e. The normalized spacial score (nSPS) is 11.9. The van der Waals surface area contributed by atoms with Gasteiger partial charge in [0.2, 0.25) is 11.8 Å². The van der Waals surface area contributed by atoms with E-state index in [4.69, 9.17) is 4.74 Å². The molecule has 1 atom stereocenters. The van der Waals surface area contributed by atoms with E-state index in [0.29, 0.717) is 18.2 Å². The number of carbonyl (C=O) groups is 1. The molecule has 0 fully saturated rings. The van der Waals surface area contributed by atoms with Crippen LogP contribution in [0.1, 0.15) is 20.3 Å². The number of carbonyl (C=O) groups excluding carboxylic acids is 1. The summed E-state index contributed by atoms with van der Waals surface area (Å²) in [6.07, 6.45) is 2.33. The molecule has 0 aliphatic rings. The van der Waals surface area contributed by atoms with Crippen molar-refractivity contribution < 1.29 is 9.53 Å². The van der Waals surface area contributed by atoms with Gasteiger partial charge in [-0.15, -0.1) is 0 Å². The molecule has 1 rings (SSSR count). The molecule has 1 heterocycles. The largest absolute Gasteiger partial charge is 0.478 e. The molecular weight excluding hydrogens is 272 g/mol. The molecule has 88 valence electrons. The van der Waals surface area contributed by atoms with Crippen LogP contribution in [0.25, 0.3) is 0 Å². The molecule has 0 aliphatic heterocycles. The molecule has 16 heavy (non-hydrogen) atoms. The molecule has 1 aromatic heterocycles. The summed E-state index contributed by atoms with van der Waals surface area (Å²) in [5.41, 5.74) is 0.673. The van der Waals surface area contributed by atoms with E-state index in [1.54, 1.807) is 18.3 Å². The van der Waals surface area contributed by atoms with Crippen molar-refractivity contribution in [3.63, 3.8) is 0 Å². The van der Waals surface area contributed by atoms with Crippen molar-refractivity contribution in [3.05, 3.63) is 18.3 Å². The minimum absolute atomic E-state index is 0.0616. The molecule has 1 N–H and O–H groups in total. The maximum atomic E-state index is 11.5. The lowest BCUT2D eigenvalue weighted by molar-refractivity contribution is -0.115. The van der Waals surface area contributed by atoms with Crippen LogP contribution in [0, 0.1) is 0 Å². The van der Waals surface area contributed by atoms with Gasteiger partial charge in [0.05, 0.1) is 23.3 Å². The van der Waals surface area contributed by atoms with Gasteiger partial charge < -0.3 is 10.1 Å². The van der Waals surface area contributed by atoms with Gasteiger partial charge in [-0.05, 0) is 19.4 Å². The Morgan fingerprint density at radius 2 is 2.31 bits per heavy atom. The number of hydrogen-bond acceptors (Lipinski definition) is 3. The fourth-order valence-corrected chi connectivity index (χ4v) is 1.21. The molecule has 0 bridgehead atoms. The SMILES string of the molecule is CCOc1ccc(NC(=O)C(Br)CC)cn1. The van der Waals surface area contributed by atoms with Gasteiger partial charge in [0.1, 0.15) is 0 Å². The van der Waals surface area contributed by atoms with Crippen LogP contribution in [0.5, 0.6) is 5.88 Å². The fourth-order valence-electron chi connectivity index (χ4n) is 1.09. The summed E-state index contributed by atoms with van der Waals surface area (Å²) in [4.78, 5) is 15.4. The van der Waals surface area contributed by atoms with E-state index in [-0.39, 0.29) is 10.7 Å². The highest BCUT2D eigenvalue weighted by Gasteiger charge is 2.12. The zero-order valence-corrected chi connectivity index (χ0v) is 11.0. The van der Waals surface area contributed by atoms with Gasteiger partial charge in [-0.3, -0.25) is 4.79 Å². The lowest BCUT2D eigenvalue weighted by Gasteiger charge is -2.08. The van der Waals surface area contributed by atoms with E-state index < -0.39 is 0 Å². The van der Waals surface area contributed by atoms with Gasteiger partial charge in [-0.2, -0.15) is 0 Å². The van der Waals surface area contributed by atoms with Crippen LogP contribution in [0.15, 0.2) is 18.3 Å². The number of hydrogen-bond donors (Lipinski definition) is 1. The second-order valence-corrected chi connectivity index (χ2v) is 4.29. The summed E-state index contributed by atoms with van der Waals surface area (Å²) in [6, 6.07) is 3.50. The van der Waals surface area contributed by atoms with Crippen LogP contribution in [-0.4, -0.2) is 22.3 Å². The highest BCUT2D eigenvalue weighted by atomic mass is 79.9. The summed E-state index contributed by atoms with van der Waals surface area (Å²) >= 11 is 3.28. The lowest BCUT2D eigenvalue weighted by Crippen LogP contribution is -2.22. The zero-order chi connectivity index (χ0) is 12.0. The Bertz CT molecular complexity index is 340. The van der Waals surface area contributed by atoms with Crippen LogP contribution in [0.3, 0.4) is 0 Å². The van der Waals surface area contributed by atoms with Crippen LogP contribution in [0.2, 0.25) is 0 Å². The Morgan fingerprint density at radius 3 is 2.81 bits per heavy atom. The Morgan fingerprint density at radius 1 is 1.56 bits per heavy atom. The number of halogens is 1. The fraction of sp³-hybridized carbons (Fsp3) is 0.455. The molecule has 0 aliphatic carbocycles. The van der Waals surface area contributed by atoms with E-state index in [0.717, 1.165) is 6.42 Å². The van der Waals surface area contributed by atoms with Crippen molar-refractivity contribution in [1.82, 2.24) is 4.98 Å². The second kappa shape index (κ2) is 6.48. The van der Waals surface area contributed by atoms with Crippen LogP contribution in [-0.2, 0) is 4.79 Å². The van der Waals surface area contributed by atoms with Crippen LogP contribution in [0.4, 0.5) is 5.69 Å². The molecule has 1 aromatic rings. The first kappa shape index (κ1) is 13.0. The third kappa shape index (κ3) is 3.81. The molecule has 4 nitrogen and oxygen atoms in total. The molecule has 1 amide bonds. The molecule has 0 saturated carbocycles. The van der Waals surface area contributed by atoms with Gasteiger partial charge >= 0.3 is 0 Å². The summed E-state index contributed by atoms with van der Waals surface area (Å²) in [5, 5.41) is 2.76. The number of alkyl halides is 1. The van der Waals surface area contributed by atoms with Crippen LogP contribution < -0.4 is 10.1 Å². The van der Waals surface area contributed by atoms with Crippen molar-refractivity contribution >= 4 is 27.5 Å². The molecule has 1 unspecified atom stereocenters. The van der Waals surface area contributed by atoms with E-state index in [1.807, 2.05) is 13.8 Å². The van der Waals surface area contributed by atoms with Gasteiger partial charge in [0, 0.05) is 6.07 Å². The predicted octanol–water partition coefficient (Wildman–Crippen LogP) is 2.59. The van der Waals surface area contributed by atoms with Crippen molar-refractivity contribution in [3.8, 4) is 5.88 Å². The van der Waals surface area contributed by atoms with Crippen molar-refractivity contribution in [2.75, 3.05) is 11.9 Å². The monoisotopic (exact) mass is 286 g/mol. The van der Waals surface area contributed by atoms with Crippen molar-refractivity contribution in [2.45, 2.75) is 25.1 Å². The minimum Gasteiger partial charge on any atom is -0.478 e. The zero-order valence-electron chi connectivity index (χ0n) is 9.37. The van der Waals surface area contributed by atoms with Crippen molar-refractivity contribution in [1.29, 1.82) is 0 Å². The first-order valence-electron chi connectivity index (χ1n) is 5.21. The van der Waals surface area contributed by atoms with E-state index in [2.05, 4.69) is 26.2 Å². The molecule has 0 aromatic carbocycles. The van der Waals surface area contributed by atoms with Gasteiger partial charge in [0.15, 0.2) is 0 Å². The molecule has 5 heteroatoms. The Labute approximate surface area is 104 Å². The van der Waals surface area contributed by atoms with E-state index in [1.165, 1.54) is 0 Å². The summed E-state index contributed by atoms with van der Waals surface area (Å²) in [7, 11) is 0. The highest BCUT2D eigenvalue weighted by Crippen LogP contribution is 2.13. The minimum atomic E-state index is -0.168. The number of nitrogens with one attached hydrogen (secondary N) is 1. The van der Waals surface area contributed by atoms with Crippen molar-refractivity contribution in [2.24, 2.45) is 0 Å². The predicted molar refractivity (Wildman–Crippen MR) is 67.0 cm³/mol. The maximum Gasteiger partial charge on any atom is 0.238 e. The Hall–Kier alpha value is -1.10. The third-order valence-corrected chi connectivity index (χ3v) is 3.00. The molecular formula is C11H15BrN2O2. The van der Waals surface area contributed by atoms with Gasteiger partial charge in [-0.1, -0.05) is 22.9 Å². The number of rotatable bonds is 5.